The van der Waals surface area contributed by atoms with Crippen molar-refractivity contribution >= 4 is 34.5 Å². The first kappa shape index (κ1) is 19.6. The summed E-state index contributed by atoms with van der Waals surface area (Å²) in [4.78, 5) is 29.5. The molecule has 6 heteroatoms. The zero-order valence-corrected chi connectivity index (χ0v) is 16.5. The Labute approximate surface area is 174 Å². The molecule has 1 aromatic heterocycles. The summed E-state index contributed by atoms with van der Waals surface area (Å²) in [5.74, 6) is -0.770. The van der Waals surface area contributed by atoms with Crippen molar-refractivity contribution in [3.63, 3.8) is 0 Å². The molecule has 1 amide bonds. The first-order valence-electron chi connectivity index (χ1n) is 9.98. The lowest BCUT2D eigenvalue weighted by atomic mass is 10.1. The zero-order valence-electron chi connectivity index (χ0n) is 16.5. The number of carbonyl (C=O) groups is 2. The molecule has 1 aliphatic heterocycles. The number of aromatic nitrogens is 1. The lowest BCUT2D eigenvalue weighted by Gasteiger charge is -2.19. The number of para-hydroxylation sites is 1. The fourth-order valence-electron chi connectivity index (χ4n) is 3.61. The Hall–Kier alpha value is -3.67. The molecule has 2 aromatic carbocycles. The van der Waals surface area contributed by atoms with E-state index in [4.69, 9.17) is 5.11 Å². The molecule has 0 radical (unpaired) electrons. The number of amides is 1. The van der Waals surface area contributed by atoms with Crippen molar-refractivity contribution in [1.82, 2.24) is 9.88 Å². The third-order valence-electron chi connectivity index (χ3n) is 5.20. The molecule has 0 saturated carbocycles. The van der Waals surface area contributed by atoms with Gasteiger partial charge in [-0.1, -0.05) is 36.4 Å². The molecule has 0 spiro atoms. The Morgan fingerprint density at radius 3 is 2.70 bits per heavy atom. The van der Waals surface area contributed by atoms with E-state index in [-0.39, 0.29) is 11.5 Å². The maximum atomic E-state index is 12.1. The normalized spacial score (nSPS) is 14.3. The second kappa shape index (κ2) is 8.78. The van der Waals surface area contributed by atoms with Crippen molar-refractivity contribution in [3.8, 4) is 0 Å². The maximum absolute atomic E-state index is 12.1. The van der Waals surface area contributed by atoms with Crippen LogP contribution in [-0.2, 0) is 4.79 Å². The van der Waals surface area contributed by atoms with Gasteiger partial charge in [-0.2, -0.15) is 0 Å². The second-order valence-electron chi connectivity index (χ2n) is 7.42. The monoisotopic (exact) mass is 401 g/mol. The topological polar surface area (TPSA) is 82.5 Å². The van der Waals surface area contributed by atoms with Crippen LogP contribution in [0.15, 0.2) is 66.4 Å². The molecule has 4 rings (SSSR count). The summed E-state index contributed by atoms with van der Waals surface area (Å²) in [5, 5.41) is 13.6. The number of carbonyl (C=O) groups excluding carboxylic acids is 1. The maximum Gasteiger partial charge on any atom is 0.335 e. The third kappa shape index (κ3) is 4.66. The van der Waals surface area contributed by atoms with Crippen LogP contribution in [0.1, 0.15) is 28.8 Å². The number of nitrogens with one attached hydrogen (secondary N) is 1. The van der Waals surface area contributed by atoms with E-state index < -0.39 is 5.97 Å². The number of rotatable bonds is 7. The molecular formula is C24H23N3O3. The summed E-state index contributed by atoms with van der Waals surface area (Å²) in [6.45, 7) is 1.88. The van der Waals surface area contributed by atoms with E-state index in [1.54, 1.807) is 24.3 Å². The van der Waals surface area contributed by atoms with Gasteiger partial charge in [0.2, 0.25) is 5.91 Å². The molecule has 0 bridgehead atoms. The van der Waals surface area contributed by atoms with Gasteiger partial charge in [-0.05, 0) is 41.8 Å². The summed E-state index contributed by atoms with van der Waals surface area (Å²) in [6, 6.07) is 16.8. The van der Waals surface area contributed by atoms with Crippen molar-refractivity contribution in [2.75, 3.05) is 25.0 Å². The lowest BCUT2D eigenvalue weighted by Crippen LogP contribution is -2.28. The van der Waals surface area contributed by atoms with Gasteiger partial charge in [0, 0.05) is 31.4 Å². The fraction of sp³-hybridized carbons (Fsp3) is 0.208. The smallest absolute Gasteiger partial charge is 0.335 e. The van der Waals surface area contributed by atoms with Crippen molar-refractivity contribution in [1.29, 1.82) is 0 Å². The number of likely N-dealkylation sites (tertiary alicyclic amines) is 1. The van der Waals surface area contributed by atoms with Crippen molar-refractivity contribution < 1.29 is 14.7 Å². The minimum Gasteiger partial charge on any atom is -0.478 e. The fourth-order valence-corrected chi connectivity index (χ4v) is 3.61. The van der Waals surface area contributed by atoms with Crippen LogP contribution in [0.4, 0.5) is 5.69 Å². The Kier molecular flexibility index (Phi) is 5.75. The van der Waals surface area contributed by atoms with Crippen LogP contribution < -0.4 is 5.32 Å². The Bertz CT molecular complexity index is 1110. The highest BCUT2D eigenvalue weighted by Crippen LogP contribution is 2.19. The molecule has 2 heterocycles. The quantitative estimate of drug-likeness (QED) is 0.624. The SMILES string of the molecule is O=C(O)c1ccc(/C=C(/CNc2cnc3ccccc3c2)CN2CCCC2=O)cc1. The molecule has 1 fully saturated rings. The van der Waals surface area contributed by atoms with E-state index in [0.717, 1.165) is 40.7 Å². The Morgan fingerprint density at radius 2 is 1.97 bits per heavy atom. The highest BCUT2D eigenvalue weighted by Gasteiger charge is 2.20. The molecule has 152 valence electrons. The van der Waals surface area contributed by atoms with Gasteiger partial charge >= 0.3 is 5.97 Å². The second-order valence-corrected chi connectivity index (χ2v) is 7.42. The van der Waals surface area contributed by atoms with Crippen molar-refractivity contribution in [2.24, 2.45) is 0 Å². The number of hydrogen-bond acceptors (Lipinski definition) is 4. The van der Waals surface area contributed by atoms with Gasteiger partial charge in [0.1, 0.15) is 0 Å². The van der Waals surface area contributed by atoms with Gasteiger partial charge in [0.15, 0.2) is 0 Å². The molecule has 0 aliphatic carbocycles. The molecule has 3 aromatic rings. The highest BCUT2D eigenvalue weighted by molar-refractivity contribution is 5.88. The van der Waals surface area contributed by atoms with E-state index in [2.05, 4.69) is 16.4 Å². The van der Waals surface area contributed by atoms with Crippen LogP contribution >= 0.6 is 0 Å². The number of nitrogens with zero attached hydrogens (tertiary/aromatic N) is 2. The first-order valence-corrected chi connectivity index (χ1v) is 9.98. The van der Waals surface area contributed by atoms with E-state index in [1.807, 2.05) is 41.4 Å². The molecule has 1 saturated heterocycles. The minimum absolute atomic E-state index is 0.175. The third-order valence-corrected chi connectivity index (χ3v) is 5.20. The predicted octanol–water partition coefficient (Wildman–Crippen LogP) is 4.05. The van der Waals surface area contributed by atoms with Gasteiger partial charge in [-0.3, -0.25) is 9.78 Å². The van der Waals surface area contributed by atoms with Crippen molar-refractivity contribution in [3.05, 3.63) is 77.5 Å². The first-order chi connectivity index (χ1) is 14.6. The number of carboxylic acids is 1. The van der Waals surface area contributed by atoms with E-state index in [1.165, 1.54) is 0 Å². The summed E-state index contributed by atoms with van der Waals surface area (Å²) < 4.78 is 0. The Balaban J connectivity index is 1.54. The average molecular weight is 401 g/mol. The highest BCUT2D eigenvalue weighted by atomic mass is 16.4. The number of pyridine rings is 1. The van der Waals surface area contributed by atoms with E-state index >= 15 is 0 Å². The number of fused-ring (bicyclic) bond motifs is 1. The number of aromatic carboxylic acids is 1. The zero-order chi connectivity index (χ0) is 20.9. The predicted molar refractivity (Wildman–Crippen MR) is 117 cm³/mol. The van der Waals surface area contributed by atoms with Gasteiger partial charge < -0.3 is 15.3 Å². The van der Waals surface area contributed by atoms with Crippen LogP contribution in [0.5, 0.6) is 0 Å². The summed E-state index contributed by atoms with van der Waals surface area (Å²) >= 11 is 0. The van der Waals surface area contributed by atoms with Crippen LogP contribution in [0.2, 0.25) is 0 Å². The van der Waals surface area contributed by atoms with Crippen LogP contribution in [0, 0.1) is 0 Å². The molecule has 0 unspecified atom stereocenters. The molecule has 30 heavy (non-hydrogen) atoms. The van der Waals surface area contributed by atoms with Crippen molar-refractivity contribution in [2.45, 2.75) is 12.8 Å². The average Bonchev–Trinajstić information content (AvgIpc) is 3.16. The van der Waals surface area contributed by atoms with Crippen LogP contribution in [-0.4, -0.2) is 46.5 Å². The number of benzene rings is 2. The van der Waals surface area contributed by atoms with Crippen LogP contribution in [0.3, 0.4) is 0 Å². The van der Waals surface area contributed by atoms with Gasteiger partial charge in [-0.15, -0.1) is 0 Å². The molecule has 6 nitrogen and oxygen atoms in total. The molecule has 0 atom stereocenters. The molecular weight excluding hydrogens is 378 g/mol. The lowest BCUT2D eigenvalue weighted by molar-refractivity contribution is -0.127. The summed E-state index contributed by atoms with van der Waals surface area (Å²) in [5.41, 5.74) is 4.05. The standard InChI is InChI=1S/C24H23N3O3/c28-23-6-3-11-27(23)16-18(12-17-7-9-19(10-8-17)24(29)30)14-25-21-13-20-4-1-2-5-22(20)26-15-21/h1-2,4-5,7-10,12-13,15,25H,3,6,11,14,16H2,(H,29,30)/b18-12-. The molecule has 1 aliphatic rings. The molecule has 2 N–H and O–H groups in total. The number of carboxylic acid groups (broad SMARTS) is 1. The van der Waals surface area contributed by atoms with E-state index in [0.29, 0.717) is 19.5 Å². The van der Waals surface area contributed by atoms with E-state index in [9.17, 15) is 9.59 Å². The number of hydrogen-bond donors (Lipinski definition) is 2. The van der Waals surface area contributed by atoms with Crippen LogP contribution in [0.25, 0.3) is 17.0 Å². The largest absolute Gasteiger partial charge is 0.478 e. The van der Waals surface area contributed by atoms with Gasteiger partial charge in [0.25, 0.3) is 0 Å². The van der Waals surface area contributed by atoms with Gasteiger partial charge in [-0.25, -0.2) is 4.79 Å². The summed E-state index contributed by atoms with van der Waals surface area (Å²) in [7, 11) is 0. The Morgan fingerprint density at radius 1 is 1.17 bits per heavy atom. The number of anilines is 1. The minimum atomic E-state index is -0.945. The summed E-state index contributed by atoms with van der Waals surface area (Å²) in [6.07, 6.45) is 5.31. The van der Waals surface area contributed by atoms with Gasteiger partial charge in [0.05, 0.1) is 23.0 Å².